The molecule has 6 nitrogen and oxygen atoms in total. The van der Waals surface area contributed by atoms with Gasteiger partial charge in [0.15, 0.2) is 0 Å². The number of carbonyl (C=O) groups is 1. The summed E-state index contributed by atoms with van der Waals surface area (Å²) in [6.07, 6.45) is 0. The van der Waals surface area contributed by atoms with Crippen LogP contribution in [0.15, 0.2) is 29.1 Å². The van der Waals surface area contributed by atoms with Crippen LogP contribution in [0.2, 0.25) is 5.02 Å². The molecule has 0 aliphatic rings. The molecule has 0 saturated carbocycles. The Morgan fingerprint density at radius 2 is 2.30 bits per heavy atom. The third-order valence-corrected chi connectivity index (χ3v) is 3.49. The van der Waals surface area contributed by atoms with Crippen molar-refractivity contribution in [3.8, 4) is 0 Å². The zero-order chi connectivity index (χ0) is 14.7. The van der Waals surface area contributed by atoms with Crippen LogP contribution in [0.25, 0.3) is 0 Å². The van der Waals surface area contributed by atoms with E-state index >= 15 is 0 Å². The molecule has 1 aromatic heterocycles. The molecule has 2 aromatic rings. The van der Waals surface area contributed by atoms with Crippen molar-refractivity contribution in [3.63, 3.8) is 0 Å². The van der Waals surface area contributed by atoms with Crippen LogP contribution in [-0.2, 0) is 6.54 Å². The number of carbonyl (C=O) groups excluding carboxylic acids is 1. The molecule has 0 unspecified atom stereocenters. The molecule has 1 aromatic carbocycles. The molecular weight excluding hydrogens is 302 g/mol. The van der Waals surface area contributed by atoms with Crippen molar-refractivity contribution in [1.82, 2.24) is 9.88 Å². The fourth-order valence-electron chi connectivity index (χ4n) is 1.67. The van der Waals surface area contributed by atoms with Crippen LogP contribution in [0.5, 0.6) is 0 Å². The Kier molecular flexibility index (Phi) is 4.31. The first-order chi connectivity index (χ1) is 9.49. The maximum atomic E-state index is 12.3. The first-order valence-electron chi connectivity index (χ1n) is 5.55. The highest BCUT2D eigenvalue weighted by atomic mass is 35.5. The van der Waals surface area contributed by atoms with E-state index in [1.807, 2.05) is 5.38 Å². The maximum Gasteiger partial charge on any atom is 0.282 e. The Bertz CT molecular complexity index is 645. The molecule has 0 aliphatic carbocycles. The van der Waals surface area contributed by atoms with Gasteiger partial charge in [-0.15, -0.1) is 11.3 Å². The van der Waals surface area contributed by atoms with Gasteiger partial charge >= 0.3 is 0 Å². The molecule has 0 spiro atoms. The summed E-state index contributed by atoms with van der Waals surface area (Å²) in [6, 6.07) is 3.92. The minimum Gasteiger partial charge on any atom is -0.336 e. The number of nitro benzene ring substituents is 1. The average Bonchev–Trinajstić information content (AvgIpc) is 2.90. The van der Waals surface area contributed by atoms with Gasteiger partial charge in [0.05, 0.1) is 22.7 Å². The second-order valence-electron chi connectivity index (χ2n) is 4.06. The van der Waals surface area contributed by atoms with E-state index in [1.54, 1.807) is 12.6 Å². The predicted molar refractivity (Wildman–Crippen MR) is 76.0 cm³/mol. The van der Waals surface area contributed by atoms with Crippen LogP contribution in [-0.4, -0.2) is 27.8 Å². The van der Waals surface area contributed by atoms with Crippen LogP contribution in [0.3, 0.4) is 0 Å². The monoisotopic (exact) mass is 311 g/mol. The molecule has 20 heavy (non-hydrogen) atoms. The van der Waals surface area contributed by atoms with Crippen LogP contribution in [0, 0.1) is 10.1 Å². The Balaban J connectivity index is 2.28. The van der Waals surface area contributed by atoms with Gasteiger partial charge in [0.2, 0.25) is 0 Å². The number of rotatable bonds is 4. The van der Waals surface area contributed by atoms with Crippen molar-refractivity contribution in [1.29, 1.82) is 0 Å². The predicted octanol–water partition coefficient (Wildman–Crippen LogP) is 2.98. The third-order valence-electron chi connectivity index (χ3n) is 2.62. The molecule has 0 aliphatic heterocycles. The average molecular weight is 312 g/mol. The Morgan fingerprint density at radius 3 is 2.90 bits per heavy atom. The Hall–Kier alpha value is -1.99. The van der Waals surface area contributed by atoms with E-state index in [1.165, 1.54) is 34.4 Å². The number of aromatic nitrogens is 1. The van der Waals surface area contributed by atoms with E-state index in [0.29, 0.717) is 0 Å². The lowest BCUT2D eigenvalue weighted by Crippen LogP contribution is -2.27. The molecule has 2 rings (SSSR count). The van der Waals surface area contributed by atoms with Crippen LogP contribution in [0.1, 0.15) is 16.1 Å². The lowest BCUT2D eigenvalue weighted by Gasteiger charge is -2.16. The van der Waals surface area contributed by atoms with Crippen molar-refractivity contribution in [3.05, 3.63) is 55.5 Å². The number of nitro groups is 1. The van der Waals surface area contributed by atoms with Crippen molar-refractivity contribution >= 4 is 34.5 Å². The molecule has 1 amide bonds. The summed E-state index contributed by atoms with van der Waals surface area (Å²) in [5.74, 6) is -0.466. The van der Waals surface area contributed by atoms with Gasteiger partial charge in [0.1, 0.15) is 5.56 Å². The standard InChI is InChI=1S/C12H10ClN3O3S/c1-15(5-9-6-20-7-14-9)12(17)10-4-8(13)2-3-11(10)16(18)19/h2-4,6-7H,5H2,1H3. The highest BCUT2D eigenvalue weighted by Gasteiger charge is 2.23. The fraction of sp³-hybridized carbons (Fsp3) is 0.167. The number of hydrogen-bond donors (Lipinski definition) is 0. The molecule has 0 N–H and O–H groups in total. The number of halogens is 1. The van der Waals surface area contributed by atoms with Gasteiger partial charge < -0.3 is 4.90 Å². The van der Waals surface area contributed by atoms with Gasteiger partial charge in [0, 0.05) is 23.5 Å². The van der Waals surface area contributed by atoms with Crippen molar-refractivity contribution in [2.75, 3.05) is 7.05 Å². The summed E-state index contributed by atoms with van der Waals surface area (Å²) in [4.78, 5) is 28.1. The first kappa shape index (κ1) is 14.4. The molecular formula is C12H10ClN3O3S. The summed E-state index contributed by atoms with van der Waals surface area (Å²) < 4.78 is 0. The second kappa shape index (κ2) is 5.98. The molecule has 0 radical (unpaired) electrons. The SMILES string of the molecule is CN(Cc1cscn1)C(=O)c1cc(Cl)ccc1[N+](=O)[O-]. The van der Waals surface area contributed by atoms with E-state index in [-0.39, 0.29) is 22.8 Å². The van der Waals surface area contributed by atoms with Crippen molar-refractivity contribution in [2.45, 2.75) is 6.54 Å². The number of amides is 1. The Labute approximate surface area is 123 Å². The summed E-state index contributed by atoms with van der Waals surface area (Å²) in [5, 5.41) is 13.1. The van der Waals surface area contributed by atoms with Crippen LogP contribution < -0.4 is 0 Å². The first-order valence-corrected chi connectivity index (χ1v) is 6.87. The lowest BCUT2D eigenvalue weighted by molar-refractivity contribution is -0.385. The quantitative estimate of drug-likeness (QED) is 0.642. The number of benzene rings is 1. The van der Waals surface area contributed by atoms with E-state index in [0.717, 1.165) is 5.69 Å². The van der Waals surface area contributed by atoms with Gasteiger partial charge in [-0.1, -0.05) is 11.6 Å². The largest absolute Gasteiger partial charge is 0.336 e. The molecule has 0 atom stereocenters. The van der Waals surface area contributed by atoms with E-state index in [2.05, 4.69) is 4.98 Å². The van der Waals surface area contributed by atoms with E-state index in [4.69, 9.17) is 11.6 Å². The highest BCUT2D eigenvalue weighted by Crippen LogP contribution is 2.24. The molecule has 0 fully saturated rings. The molecule has 1 heterocycles. The summed E-state index contributed by atoms with van der Waals surface area (Å²) in [5.41, 5.74) is 2.11. The zero-order valence-electron chi connectivity index (χ0n) is 10.4. The van der Waals surface area contributed by atoms with Gasteiger partial charge in [-0.2, -0.15) is 0 Å². The van der Waals surface area contributed by atoms with Gasteiger partial charge in [-0.3, -0.25) is 14.9 Å². The smallest absolute Gasteiger partial charge is 0.282 e. The molecule has 8 heteroatoms. The summed E-state index contributed by atoms with van der Waals surface area (Å²) >= 11 is 7.23. The fourth-order valence-corrected chi connectivity index (χ4v) is 2.40. The lowest BCUT2D eigenvalue weighted by atomic mass is 10.1. The minimum atomic E-state index is -0.597. The molecule has 0 saturated heterocycles. The van der Waals surface area contributed by atoms with Crippen LogP contribution >= 0.6 is 22.9 Å². The van der Waals surface area contributed by atoms with E-state index < -0.39 is 10.8 Å². The van der Waals surface area contributed by atoms with Crippen molar-refractivity contribution in [2.24, 2.45) is 0 Å². The van der Waals surface area contributed by atoms with Gasteiger partial charge in [0.25, 0.3) is 11.6 Å². The number of nitrogens with zero attached hydrogens (tertiary/aromatic N) is 3. The number of thiazole rings is 1. The normalized spacial score (nSPS) is 10.3. The van der Waals surface area contributed by atoms with Crippen LogP contribution in [0.4, 0.5) is 5.69 Å². The van der Waals surface area contributed by atoms with Gasteiger partial charge in [-0.05, 0) is 12.1 Å². The summed E-state index contributed by atoms with van der Waals surface area (Å²) in [6.45, 7) is 0.284. The molecule has 0 bridgehead atoms. The third kappa shape index (κ3) is 3.12. The number of hydrogen-bond acceptors (Lipinski definition) is 5. The minimum absolute atomic E-state index is 0.0276. The highest BCUT2D eigenvalue weighted by molar-refractivity contribution is 7.07. The van der Waals surface area contributed by atoms with Gasteiger partial charge in [-0.25, -0.2) is 4.98 Å². The zero-order valence-corrected chi connectivity index (χ0v) is 12.0. The van der Waals surface area contributed by atoms with Crippen molar-refractivity contribution < 1.29 is 9.72 Å². The Morgan fingerprint density at radius 1 is 1.55 bits per heavy atom. The maximum absolute atomic E-state index is 12.3. The topological polar surface area (TPSA) is 76.3 Å². The van der Waals surface area contributed by atoms with E-state index in [9.17, 15) is 14.9 Å². The molecule has 104 valence electrons. The summed E-state index contributed by atoms with van der Waals surface area (Å²) in [7, 11) is 1.56. The second-order valence-corrected chi connectivity index (χ2v) is 5.21.